The smallest absolute Gasteiger partial charge is 0.365 e. The molecular formula is C12H9F3N4O. The second-order valence-electron chi connectivity index (χ2n) is 3.82. The molecule has 0 saturated carbocycles. The summed E-state index contributed by atoms with van der Waals surface area (Å²) in [5, 5.41) is 2.59. The predicted octanol–water partition coefficient (Wildman–Crippen LogP) is 2.34. The number of hydrogen-bond donors (Lipinski definition) is 2. The highest BCUT2D eigenvalue weighted by atomic mass is 19.4. The summed E-state index contributed by atoms with van der Waals surface area (Å²) in [5.41, 5.74) is 4.25. The minimum atomic E-state index is -4.61. The summed E-state index contributed by atoms with van der Waals surface area (Å²) in [4.78, 5) is 18.4. The largest absolute Gasteiger partial charge is 0.433 e. The quantitative estimate of drug-likeness (QED) is 0.905. The van der Waals surface area contributed by atoms with E-state index < -0.39 is 17.8 Å². The van der Waals surface area contributed by atoms with Crippen molar-refractivity contribution in [1.29, 1.82) is 0 Å². The Kier molecular flexibility index (Phi) is 3.55. The van der Waals surface area contributed by atoms with E-state index in [9.17, 15) is 18.0 Å². The first-order valence-corrected chi connectivity index (χ1v) is 5.43. The lowest BCUT2D eigenvalue weighted by atomic mass is 10.2. The molecule has 2 aromatic rings. The second-order valence-corrected chi connectivity index (χ2v) is 3.82. The van der Waals surface area contributed by atoms with E-state index >= 15 is 0 Å². The predicted molar refractivity (Wildman–Crippen MR) is 65.3 cm³/mol. The minimum Gasteiger partial charge on any atom is -0.365 e. The molecule has 0 atom stereocenters. The molecule has 8 heteroatoms. The molecule has 0 spiro atoms. The van der Waals surface area contributed by atoms with Gasteiger partial charge in [0.1, 0.15) is 11.5 Å². The van der Waals surface area contributed by atoms with Gasteiger partial charge in [-0.25, -0.2) is 4.98 Å². The number of hydrogen-bond acceptors (Lipinski definition) is 4. The van der Waals surface area contributed by atoms with Crippen LogP contribution in [0, 0.1) is 0 Å². The van der Waals surface area contributed by atoms with Crippen LogP contribution < -0.4 is 11.1 Å². The van der Waals surface area contributed by atoms with Crippen LogP contribution in [0.5, 0.6) is 0 Å². The summed E-state index contributed by atoms with van der Waals surface area (Å²) in [6.45, 7) is 0. The first kappa shape index (κ1) is 13.8. The van der Waals surface area contributed by atoms with Crippen molar-refractivity contribution in [2.24, 2.45) is 5.73 Å². The molecule has 0 bridgehead atoms. The highest BCUT2D eigenvalue weighted by Gasteiger charge is 2.33. The highest BCUT2D eigenvalue weighted by Crippen LogP contribution is 2.30. The standard InChI is InChI=1S/C12H9F3N4O/c13-12(14,15)9-4-3-8(10(16)20)11(19-9)18-7-2-1-5-17-6-7/h1-6H,(H2,16,20)(H,18,19). The highest BCUT2D eigenvalue weighted by molar-refractivity contribution is 5.98. The van der Waals surface area contributed by atoms with Gasteiger partial charge in [-0.1, -0.05) is 0 Å². The Morgan fingerprint density at radius 2 is 2.00 bits per heavy atom. The number of anilines is 2. The van der Waals surface area contributed by atoms with Crippen molar-refractivity contribution >= 4 is 17.4 Å². The molecule has 0 aliphatic carbocycles. The number of amides is 1. The fraction of sp³-hybridized carbons (Fsp3) is 0.0833. The van der Waals surface area contributed by atoms with Gasteiger partial charge in [-0.2, -0.15) is 13.2 Å². The molecule has 0 fully saturated rings. The number of aromatic nitrogens is 2. The molecule has 104 valence electrons. The average Bonchev–Trinajstić information content (AvgIpc) is 2.38. The van der Waals surface area contributed by atoms with Crippen molar-refractivity contribution in [2.45, 2.75) is 6.18 Å². The maximum atomic E-state index is 12.6. The van der Waals surface area contributed by atoms with Crippen molar-refractivity contribution < 1.29 is 18.0 Å². The number of halogens is 3. The van der Waals surface area contributed by atoms with Gasteiger partial charge in [0.25, 0.3) is 5.91 Å². The van der Waals surface area contributed by atoms with E-state index in [0.717, 1.165) is 6.07 Å². The summed E-state index contributed by atoms with van der Waals surface area (Å²) in [5.74, 6) is -1.14. The van der Waals surface area contributed by atoms with Gasteiger partial charge in [0.05, 0.1) is 17.4 Å². The van der Waals surface area contributed by atoms with Gasteiger partial charge in [0, 0.05) is 6.20 Å². The molecule has 0 radical (unpaired) electrons. The number of carbonyl (C=O) groups excluding carboxylic acids is 1. The summed E-state index contributed by atoms with van der Waals surface area (Å²) in [7, 11) is 0. The van der Waals surface area contributed by atoms with E-state index in [-0.39, 0.29) is 11.4 Å². The van der Waals surface area contributed by atoms with Crippen LogP contribution in [0.25, 0.3) is 0 Å². The number of nitrogens with one attached hydrogen (secondary N) is 1. The first-order chi connectivity index (χ1) is 9.38. The fourth-order valence-corrected chi connectivity index (χ4v) is 1.48. The molecule has 0 unspecified atom stereocenters. The fourth-order valence-electron chi connectivity index (χ4n) is 1.48. The molecule has 0 aliphatic rings. The lowest BCUT2D eigenvalue weighted by Gasteiger charge is -2.12. The lowest BCUT2D eigenvalue weighted by molar-refractivity contribution is -0.141. The monoisotopic (exact) mass is 282 g/mol. The van der Waals surface area contributed by atoms with E-state index in [1.807, 2.05) is 0 Å². The van der Waals surface area contributed by atoms with Crippen LogP contribution in [0.4, 0.5) is 24.7 Å². The molecule has 2 aromatic heterocycles. The lowest BCUT2D eigenvalue weighted by Crippen LogP contribution is -2.17. The van der Waals surface area contributed by atoms with Crippen LogP contribution in [0.15, 0.2) is 36.7 Å². The van der Waals surface area contributed by atoms with Crippen molar-refractivity contribution in [3.05, 3.63) is 47.9 Å². The van der Waals surface area contributed by atoms with Crippen molar-refractivity contribution in [2.75, 3.05) is 5.32 Å². The minimum absolute atomic E-state index is 0.137. The summed E-state index contributed by atoms with van der Waals surface area (Å²) in [6, 6.07) is 4.84. The van der Waals surface area contributed by atoms with Gasteiger partial charge >= 0.3 is 6.18 Å². The van der Waals surface area contributed by atoms with Crippen LogP contribution in [-0.2, 0) is 6.18 Å². The SMILES string of the molecule is NC(=O)c1ccc(C(F)(F)F)nc1Nc1cccnc1. The van der Waals surface area contributed by atoms with Crippen molar-refractivity contribution in [1.82, 2.24) is 9.97 Å². The third-order valence-corrected chi connectivity index (χ3v) is 2.38. The first-order valence-electron chi connectivity index (χ1n) is 5.43. The van der Waals surface area contributed by atoms with E-state index in [4.69, 9.17) is 5.73 Å². The average molecular weight is 282 g/mol. The zero-order chi connectivity index (χ0) is 14.8. The van der Waals surface area contributed by atoms with Crippen LogP contribution in [0.3, 0.4) is 0 Å². The van der Waals surface area contributed by atoms with E-state index in [0.29, 0.717) is 11.8 Å². The summed E-state index contributed by atoms with van der Waals surface area (Å²) >= 11 is 0. The third kappa shape index (κ3) is 3.02. The molecule has 2 rings (SSSR count). The third-order valence-electron chi connectivity index (χ3n) is 2.38. The van der Waals surface area contributed by atoms with E-state index in [1.54, 1.807) is 12.1 Å². The maximum Gasteiger partial charge on any atom is 0.433 e. The Morgan fingerprint density at radius 1 is 1.25 bits per heavy atom. The molecular weight excluding hydrogens is 273 g/mol. The molecule has 0 aliphatic heterocycles. The van der Waals surface area contributed by atoms with Crippen LogP contribution in [0.2, 0.25) is 0 Å². The van der Waals surface area contributed by atoms with Gasteiger partial charge in [0.2, 0.25) is 0 Å². The molecule has 1 amide bonds. The van der Waals surface area contributed by atoms with Crippen molar-refractivity contribution in [3.63, 3.8) is 0 Å². The zero-order valence-corrected chi connectivity index (χ0v) is 9.98. The Labute approximate surface area is 111 Å². The topological polar surface area (TPSA) is 80.9 Å². The number of nitrogens with zero attached hydrogens (tertiary/aromatic N) is 2. The van der Waals surface area contributed by atoms with Gasteiger partial charge in [-0.05, 0) is 24.3 Å². The van der Waals surface area contributed by atoms with Crippen molar-refractivity contribution in [3.8, 4) is 0 Å². The van der Waals surface area contributed by atoms with E-state index in [2.05, 4.69) is 15.3 Å². The Balaban J connectivity index is 2.45. The Morgan fingerprint density at radius 3 is 2.55 bits per heavy atom. The number of nitrogens with two attached hydrogens (primary N) is 1. The van der Waals surface area contributed by atoms with Gasteiger partial charge in [-0.3, -0.25) is 9.78 Å². The van der Waals surface area contributed by atoms with Gasteiger partial charge < -0.3 is 11.1 Å². The Hall–Kier alpha value is -2.64. The van der Waals surface area contributed by atoms with Gasteiger partial charge in [-0.15, -0.1) is 0 Å². The normalized spacial score (nSPS) is 11.2. The zero-order valence-electron chi connectivity index (χ0n) is 9.98. The molecule has 20 heavy (non-hydrogen) atoms. The van der Waals surface area contributed by atoms with Crippen LogP contribution in [0.1, 0.15) is 16.1 Å². The number of primary amides is 1. The van der Waals surface area contributed by atoms with E-state index in [1.165, 1.54) is 12.4 Å². The molecule has 2 heterocycles. The van der Waals surface area contributed by atoms with Crippen LogP contribution in [-0.4, -0.2) is 15.9 Å². The molecule has 3 N–H and O–H groups in total. The summed E-state index contributed by atoms with van der Waals surface area (Å²) < 4.78 is 37.9. The molecule has 5 nitrogen and oxygen atoms in total. The van der Waals surface area contributed by atoms with Gasteiger partial charge in [0.15, 0.2) is 0 Å². The number of rotatable bonds is 3. The number of pyridine rings is 2. The maximum absolute atomic E-state index is 12.6. The Bertz CT molecular complexity index is 628. The molecule has 0 aromatic carbocycles. The second kappa shape index (κ2) is 5.16. The summed E-state index contributed by atoms with van der Waals surface area (Å²) in [6.07, 6.45) is -1.73. The number of carbonyl (C=O) groups is 1. The van der Waals surface area contributed by atoms with Crippen LogP contribution >= 0.6 is 0 Å². The number of alkyl halides is 3. The molecule has 0 saturated heterocycles.